The Morgan fingerprint density at radius 1 is 1.33 bits per heavy atom. The van der Waals surface area contributed by atoms with Crippen LogP contribution in [0.25, 0.3) is 11.1 Å². The molecule has 0 atom stereocenters. The third kappa shape index (κ3) is 1.69. The Labute approximate surface area is 107 Å². The number of carboxylic acid groups (broad SMARTS) is 1. The predicted molar refractivity (Wildman–Crippen MR) is 69.0 cm³/mol. The SMILES string of the molecule is O=C1Cc2cc(-c3cscc3C(=O)O)ccc2N1. The molecular weight excluding hydrogens is 250 g/mol. The Kier molecular flexibility index (Phi) is 2.41. The number of fused-ring (bicyclic) bond motifs is 1. The van der Waals surface area contributed by atoms with E-state index >= 15 is 0 Å². The van der Waals surface area contributed by atoms with Crippen LogP contribution in [0.15, 0.2) is 29.0 Å². The molecule has 1 aliphatic heterocycles. The van der Waals surface area contributed by atoms with Gasteiger partial charge in [0.1, 0.15) is 0 Å². The number of carboxylic acids is 1. The highest BCUT2D eigenvalue weighted by molar-refractivity contribution is 7.08. The number of hydrogen-bond donors (Lipinski definition) is 2. The Hall–Kier alpha value is -2.14. The molecule has 0 saturated carbocycles. The zero-order chi connectivity index (χ0) is 12.7. The third-order valence-electron chi connectivity index (χ3n) is 2.93. The number of thiophene rings is 1. The number of nitrogens with one attached hydrogen (secondary N) is 1. The van der Waals surface area contributed by atoms with E-state index < -0.39 is 5.97 Å². The molecule has 0 radical (unpaired) electrons. The minimum absolute atomic E-state index is 0.0223. The molecular formula is C13H9NO3S. The summed E-state index contributed by atoms with van der Waals surface area (Å²) in [6, 6.07) is 5.53. The molecule has 2 heterocycles. The molecule has 1 aromatic carbocycles. The summed E-state index contributed by atoms with van der Waals surface area (Å²) in [5.74, 6) is -0.952. The van der Waals surface area contributed by atoms with Gasteiger partial charge in [-0.15, -0.1) is 0 Å². The van der Waals surface area contributed by atoms with Crippen molar-refractivity contribution in [3.8, 4) is 11.1 Å². The van der Waals surface area contributed by atoms with Gasteiger partial charge in [0, 0.05) is 16.6 Å². The Morgan fingerprint density at radius 3 is 2.94 bits per heavy atom. The van der Waals surface area contributed by atoms with Gasteiger partial charge in [-0.2, -0.15) is 11.3 Å². The van der Waals surface area contributed by atoms with Crippen LogP contribution >= 0.6 is 11.3 Å². The van der Waals surface area contributed by atoms with E-state index in [0.29, 0.717) is 17.5 Å². The summed E-state index contributed by atoms with van der Waals surface area (Å²) >= 11 is 1.36. The monoisotopic (exact) mass is 259 g/mol. The average molecular weight is 259 g/mol. The molecule has 2 N–H and O–H groups in total. The molecule has 0 unspecified atom stereocenters. The van der Waals surface area contributed by atoms with Crippen molar-refractivity contribution in [3.63, 3.8) is 0 Å². The minimum atomic E-state index is -0.930. The molecule has 0 spiro atoms. The smallest absolute Gasteiger partial charge is 0.337 e. The van der Waals surface area contributed by atoms with E-state index in [1.54, 1.807) is 5.38 Å². The molecule has 0 saturated heterocycles. The van der Waals surface area contributed by atoms with E-state index in [-0.39, 0.29) is 5.91 Å². The Morgan fingerprint density at radius 2 is 2.17 bits per heavy atom. The van der Waals surface area contributed by atoms with Gasteiger partial charge in [0.05, 0.1) is 12.0 Å². The van der Waals surface area contributed by atoms with Gasteiger partial charge < -0.3 is 10.4 Å². The van der Waals surface area contributed by atoms with E-state index in [4.69, 9.17) is 5.11 Å². The highest BCUT2D eigenvalue weighted by Crippen LogP contribution is 2.32. The minimum Gasteiger partial charge on any atom is -0.478 e. The lowest BCUT2D eigenvalue weighted by atomic mass is 10.0. The fourth-order valence-corrected chi connectivity index (χ4v) is 2.91. The van der Waals surface area contributed by atoms with Crippen LogP contribution < -0.4 is 5.32 Å². The number of benzene rings is 1. The van der Waals surface area contributed by atoms with E-state index in [1.165, 1.54) is 11.3 Å². The molecule has 0 bridgehead atoms. The lowest BCUT2D eigenvalue weighted by molar-refractivity contribution is -0.115. The second-order valence-electron chi connectivity index (χ2n) is 4.10. The van der Waals surface area contributed by atoms with Crippen molar-refractivity contribution >= 4 is 28.9 Å². The molecule has 5 heteroatoms. The van der Waals surface area contributed by atoms with Crippen molar-refractivity contribution in [2.24, 2.45) is 0 Å². The fraction of sp³-hybridized carbons (Fsp3) is 0.0769. The van der Waals surface area contributed by atoms with Crippen LogP contribution in [-0.2, 0) is 11.2 Å². The van der Waals surface area contributed by atoms with Crippen molar-refractivity contribution < 1.29 is 14.7 Å². The van der Waals surface area contributed by atoms with E-state index in [1.807, 2.05) is 23.6 Å². The van der Waals surface area contributed by atoms with Crippen molar-refractivity contribution in [2.45, 2.75) is 6.42 Å². The predicted octanol–water partition coefficient (Wildman–Crippen LogP) is 2.61. The molecule has 4 nitrogen and oxygen atoms in total. The number of rotatable bonds is 2. The quantitative estimate of drug-likeness (QED) is 0.871. The van der Waals surface area contributed by atoms with Gasteiger partial charge in [-0.05, 0) is 28.6 Å². The summed E-state index contributed by atoms with van der Waals surface area (Å²) in [6.45, 7) is 0. The fourth-order valence-electron chi connectivity index (χ4n) is 2.08. The molecule has 2 aromatic rings. The van der Waals surface area contributed by atoms with Crippen molar-refractivity contribution in [1.82, 2.24) is 0 Å². The maximum absolute atomic E-state index is 11.3. The number of carbonyl (C=O) groups is 2. The number of anilines is 1. The molecule has 0 fully saturated rings. The first kappa shape index (κ1) is 11.0. The van der Waals surface area contributed by atoms with Gasteiger partial charge in [-0.3, -0.25) is 4.79 Å². The summed E-state index contributed by atoms with van der Waals surface area (Å²) in [5.41, 5.74) is 3.58. The van der Waals surface area contributed by atoms with Gasteiger partial charge in [0.15, 0.2) is 0 Å². The zero-order valence-electron chi connectivity index (χ0n) is 9.27. The number of carbonyl (C=O) groups excluding carboxylic acids is 1. The summed E-state index contributed by atoms with van der Waals surface area (Å²) in [5, 5.41) is 15.3. The van der Waals surface area contributed by atoms with Crippen LogP contribution in [0.5, 0.6) is 0 Å². The number of amides is 1. The van der Waals surface area contributed by atoms with Gasteiger partial charge in [0.25, 0.3) is 0 Å². The van der Waals surface area contributed by atoms with Gasteiger partial charge in [-0.1, -0.05) is 6.07 Å². The van der Waals surface area contributed by atoms with Gasteiger partial charge >= 0.3 is 5.97 Å². The van der Waals surface area contributed by atoms with Crippen LogP contribution in [0.2, 0.25) is 0 Å². The van der Waals surface area contributed by atoms with Crippen LogP contribution in [0.3, 0.4) is 0 Å². The molecule has 1 aliphatic rings. The highest BCUT2D eigenvalue weighted by atomic mass is 32.1. The van der Waals surface area contributed by atoms with Crippen molar-refractivity contribution in [1.29, 1.82) is 0 Å². The maximum atomic E-state index is 11.3. The summed E-state index contributed by atoms with van der Waals surface area (Å²) in [7, 11) is 0. The second kappa shape index (κ2) is 3.96. The standard InChI is InChI=1S/C13H9NO3S/c15-12-4-8-3-7(1-2-11(8)14-12)9-5-18-6-10(9)13(16)17/h1-3,5-6H,4H2,(H,14,15)(H,16,17). The van der Waals surface area contributed by atoms with Crippen LogP contribution in [0.1, 0.15) is 15.9 Å². The Balaban J connectivity index is 2.08. The van der Waals surface area contributed by atoms with Crippen molar-refractivity contribution in [2.75, 3.05) is 5.32 Å². The van der Waals surface area contributed by atoms with Gasteiger partial charge in [0.2, 0.25) is 5.91 Å². The van der Waals surface area contributed by atoms with E-state index in [9.17, 15) is 9.59 Å². The maximum Gasteiger partial charge on any atom is 0.337 e. The lowest BCUT2D eigenvalue weighted by Crippen LogP contribution is -2.03. The topological polar surface area (TPSA) is 66.4 Å². The van der Waals surface area contributed by atoms with Crippen molar-refractivity contribution in [3.05, 3.63) is 40.1 Å². The first-order chi connectivity index (χ1) is 8.65. The molecule has 90 valence electrons. The zero-order valence-corrected chi connectivity index (χ0v) is 10.1. The second-order valence-corrected chi connectivity index (χ2v) is 4.84. The van der Waals surface area contributed by atoms with E-state index in [2.05, 4.69) is 5.32 Å². The molecule has 1 amide bonds. The molecule has 0 aliphatic carbocycles. The van der Waals surface area contributed by atoms with Crippen LogP contribution in [-0.4, -0.2) is 17.0 Å². The molecule has 3 rings (SSSR count). The summed E-state index contributed by atoms with van der Waals surface area (Å²) < 4.78 is 0. The van der Waals surface area contributed by atoms with Gasteiger partial charge in [-0.25, -0.2) is 4.79 Å². The first-order valence-corrected chi connectivity index (χ1v) is 6.32. The normalized spacial score (nSPS) is 13.2. The molecule has 1 aromatic heterocycles. The van der Waals surface area contributed by atoms with Crippen LogP contribution in [0, 0.1) is 0 Å². The van der Waals surface area contributed by atoms with E-state index in [0.717, 1.165) is 16.8 Å². The number of aromatic carboxylic acids is 1. The van der Waals surface area contributed by atoms with Crippen LogP contribution in [0.4, 0.5) is 5.69 Å². The number of hydrogen-bond acceptors (Lipinski definition) is 3. The Bertz CT molecular complexity index is 660. The average Bonchev–Trinajstić information content (AvgIpc) is 2.91. The highest BCUT2D eigenvalue weighted by Gasteiger charge is 2.19. The summed E-state index contributed by atoms with van der Waals surface area (Å²) in [6.07, 6.45) is 0.357. The largest absolute Gasteiger partial charge is 0.478 e. The summed E-state index contributed by atoms with van der Waals surface area (Å²) in [4.78, 5) is 22.4. The third-order valence-corrected chi connectivity index (χ3v) is 3.68. The lowest BCUT2D eigenvalue weighted by Gasteiger charge is -2.04. The first-order valence-electron chi connectivity index (χ1n) is 5.38. The molecule has 18 heavy (non-hydrogen) atoms.